The largest absolute Gasteiger partial charge is 0.497 e. The topological polar surface area (TPSA) is 29.5 Å². The second kappa shape index (κ2) is 6.48. The third-order valence-corrected chi connectivity index (χ3v) is 2.51. The molecule has 1 unspecified atom stereocenters. The lowest BCUT2D eigenvalue weighted by Gasteiger charge is -2.24. The van der Waals surface area contributed by atoms with Gasteiger partial charge in [-0.1, -0.05) is 32.9 Å². The molecule has 0 aromatic rings. The minimum Gasteiger partial charge on any atom is -0.497 e. The number of methoxy groups -OCH3 is 1. The predicted molar refractivity (Wildman–Crippen MR) is 64.6 cm³/mol. The van der Waals surface area contributed by atoms with Crippen molar-refractivity contribution in [1.82, 2.24) is 0 Å². The Labute approximate surface area is 97.1 Å². The molecule has 16 heavy (non-hydrogen) atoms. The average molecular weight is 228 g/mol. The summed E-state index contributed by atoms with van der Waals surface area (Å²) in [5.41, 5.74) is -1.15. The lowest BCUT2D eigenvalue weighted by molar-refractivity contribution is 0.0862. The van der Waals surface area contributed by atoms with Crippen LogP contribution in [0, 0.1) is 0 Å². The molecule has 3 heteroatoms. The second-order valence-electron chi connectivity index (χ2n) is 4.02. The molecule has 0 aliphatic heterocycles. The van der Waals surface area contributed by atoms with Crippen LogP contribution in [0.15, 0.2) is 36.4 Å². The Balaban J connectivity index is 4.65. The SMILES string of the molecule is C=C(C=C(F)C(=C)C(C)(O)CCCC)OC. The molecule has 0 saturated heterocycles. The zero-order valence-electron chi connectivity index (χ0n) is 10.3. The number of rotatable bonds is 7. The first-order chi connectivity index (χ1) is 7.35. The minimum atomic E-state index is -1.22. The maximum Gasteiger partial charge on any atom is 0.132 e. The van der Waals surface area contributed by atoms with Crippen LogP contribution in [0.3, 0.4) is 0 Å². The molecule has 0 aromatic carbocycles. The minimum absolute atomic E-state index is 0.0687. The predicted octanol–water partition coefficient (Wildman–Crippen LogP) is 3.50. The van der Waals surface area contributed by atoms with Crippen molar-refractivity contribution in [2.45, 2.75) is 38.7 Å². The van der Waals surface area contributed by atoms with Gasteiger partial charge in [-0.2, -0.15) is 0 Å². The molecule has 0 aliphatic rings. The molecule has 0 fully saturated rings. The lowest BCUT2D eigenvalue weighted by Crippen LogP contribution is -2.26. The van der Waals surface area contributed by atoms with Crippen molar-refractivity contribution in [3.63, 3.8) is 0 Å². The third-order valence-electron chi connectivity index (χ3n) is 2.51. The molecule has 0 bridgehead atoms. The highest BCUT2D eigenvalue weighted by molar-refractivity contribution is 5.33. The fourth-order valence-corrected chi connectivity index (χ4v) is 1.22. The van der Waals surface area contributed by atoms with Crippen molar-refractivity contribution in [1.29, 1.82) is 0 Å². The molecule has 0 amide bonds. The summed E-state index contributed by atoms with van der Waals surface area (Å²) >= 11 is 0. The van der Waals surface area contributed by atoms with E-state index in [1.54, 1.807) is 6.92 Å². The van der Waals surface area contributed by atoms with E-state index < -0.39 is 11.4 Å². The summed E-state index contributed by atoms with van der Waals surface area (Å²) < 4.78 is 18.3. The van der Waals surface area contributed by atoms with Crippen molar-refractivity contribution < 1.29 is 14.2 Å². The fraction of sp³-hybridized carbons (Fsp3) is 0.538. The lowest BCUT2D eigenvalue weighted by atomic mass is 9.90. The molecule has 2 nitrogen and oxygen atoms in total. The number of ether oxygens (including phenoxy) is 1. The van der Waals surface area contributed by atoms with Crippen LogP contribution >= 0.6 is 0 Å². The van der Waals surface area contributed by atoms with Gasteiger partial charge in [0.05, 0.1) is 12.7 Å². The molecule has 0 spiro atoms. The molecule has 1 atom stereocenters. The maximum atomic E-state index is 13.6. The van der Waals surface area contributed by atoms with Gasteiger partial charge in [0.2, 0.25) is 0 Å². The van der Waals surface area contributed by atoms with Gasteiger partial charge in [0, 0.05) is 11.6 Å². The van der Waals surface area contributed by atoms with E-state index in [4.69, 9.17) is 4.74 Å². The number of aliphatic hydroxyl groups is 1. The summed E-state index contributed by atoms with van der Waals surface area (Å²) in [7, 11) is 1.41. The Morgan fingerprint density at radius 1 is 1.50 bits per heavy atom. The number of halogens is 1. The molecular formula is C13H21FO2. The van der Waals surface area contributed by atoms with Gasteiger partial charge in [0.25, 0.3) is 0 Å². The molecule has 92 valence electrons. The van der Waals surface area contributed by atoms with Crippen molar-refractivity contribution in [2.75, 3.05) is 7.11 Å². The van der Waals surface area contributed by atoms with E-state index in [-0.39, 0.29) is 11.3 Å². The van der Waals surface area contributed by atoms with Gasteiger partial charge in [0.1, 0.15) is 11.6 Å². The van der Waals surface area contributed by atoms with Gasteiger partial charge in [0.15, 0.2) is 0 Å². The number of unbranched alkanes of at least 4 members (excludes halogenated alkanes) is 1. The number of hydrogen-bond donors (Lipinski definition) is 1. The molecule has 0 heterocycles. The van der Waals surface area contributed by atoms with Crippen LogP contribution in [0.1, 0.15) is 33.1 Å². The number of allylic oxidation sites excluding steroid dienone is 1. The molecule has 0 radical (unpaired) electrons. The Morgan fingerprint density at radius 2 is 2.06 bits per heavy atom. The van der Waals surface area contributed by atoms with E-state index in [9.17, 15) is 9.50 Å². The van der Waals surface area contributed by atoms with Gasteiger partial charge in [-0.25, -0.2) is 4.39 Å². The third kappa shape index (κ3) is 4.62. The summed E-state index contributed by atoms with van der Waals surface area (Å²) in [5, 5.41) is 10.0. The van der Waals surface area contributed by atoms with Crippen LogP contribution in [-0.4, -0.2) is 17.8 Å². The highest BCUT2D eigenvalue weighted by Gasteiger charge is 2.26. The summed E-state index contributed by atoms with van der Waals surface area (Å²) in [4.78, 5) is 0. The normalized spacial score (nSPS) is 15.4. The fourth-order valence-electron chi connectivity index (χ4n) is 1.22. The van der Waals surface area contributed by atoms with E-state index in [0.29, 0.717) is 6.42 Å². The van der Waals surface area contributed by atoms with E-state index in [1.165, 1.54) is 7.11 Å². The maximum absolute atomic E-state index is 13.6. The summed E-state index contributed by atoms with van der Waals surface area (Å²) in [6, 6.07) is 0. The summed E-state index contributed by atoms with van der Waals surface area (Å²) in [6.07, 6.45) is 3.38. The van der Waals surface area contributed by atoms with Crippen molar-refractivity contribution in [2.24, 2.45) is 0 Å². The smallest absolute Gasteiger partial charge is 0.132 e. The van der Waals surface area contributed by atoms with E-state index in [2.05, 4.69) is 13.2 Å². The van der Waals surface area contributed by atoms with Gasteiger partial charge >= 0.3 is 0 Å². The van der Waals surface area contributed by atoms with E-state index >= 15 is 0 Å². The Kier molecular flexibility index (Phi) is 6.04. The van der Waals surface area contributed by atoms with Crippen LogP contribution < -0.4 is 0 Å². The molecule has 0 rings (SSSR count). The van der Waals surface area contributed by atoms with E-state index in [0.717, 1.165) is 18.9 Å². The molecule has 1 N–H and O–H groups in total. The Bertz CT molecular complexity index is 290. The standard InChI is InChI=1S/C13H21FO2/c1-6-7-8-13(4,15)11(3)12(14)9-10(2)16-5/h9,15H,2-3,6-8H2,1,4-5H3. The quantitative estimate of drug-likeness (QED) is 0.534. The van der Waals surface area contributed by atoms with Crippen LogP contribution in [-0.2, 0) is 4.74 Å². The first-order valence-corrected chi connectivity index (χ1v) is 5.37. The molecular weight excluding hydrogens is 207 g/mol. The Hall–Kier alpha value is -1.09. The first kappa shape index (κ1) is 14.9. The summed E-state index contributed by atoms with van der Waals surface area (Å²) in [6.45, 7) is 10.6. The van der Waals surface area contributed by atoms with Crippen LogP contribution in [0.4, 0.5) is 4.39 Å². The first-order valence-electron chi connectivity index (χ1n) is 5.37. The van der Waals surface area contributed by atoms with Crippen LogP contribution in [0.2, 0.25) is 0 Å². The van der Waals surface area contributed by atoms with Gasteiger partial charge in [-0.05, 0) is 13.3 Å². The van der Waals surface area contributed by atoms with Gasteiger partial charge in [-0.3, -0.25) is 0 Å². The second-order valence-corrected chi connectivity index (χ2v) is 4.02. The van der Waals surface area contributed by atoms with Crippen molar-refractivity contribution in [3.8, 4) is 0 Å². The van der Waals surface area contributed by atoms with Crippen molar-refractivity contribution >= 4 is 0 Å². The van der Waals surface area contributed by atoms with Crippen molar-refractivity contribution in [3.05, 3.63) is 36.4 Å². The van der Waals surface area contributed by atoms with Crippen LogP contribution in [0.25, 0.3) is 0 Å². The monoisotopic (exact) mass is 228 g/mol. The summed E-state index contributed by atoms with van der Waals surface area (Å²) in [5.74, 6) is -0.391. The molecule has 0 aromatic heterocycles. The highest BCUT2D eigenvalue weighted by Crippen LogP contribution is 2.28. The Morgan fingerprint density at radius 3 is 2.50 bits per heavy atom. The van der Waals surface area contributed by atoms with Gasteiger partial charge in [-0.15, -0.1) is 0 Å². The molecule has 0 aliphatic carbocycles. The average Bonchev–Trinajstić information content (AvgIpc) is 2.24. The molecule has 0 saturated carbocycles. The van der Waals surface area contributed by atoms with E-state index in [1.807, 2.05) is 6.92 Å². The number of hydrogen-bond acceptors (Lipinski definition) is 2. The zero-order valence-corrected chi connectivity index (χ0v) is 10.3. The van der Waals surface area contributed by atoms with Crippen LogP contribution in [0.5, 0.6) is 0 Å². The highest BCUT2D eigenvalue weighted by atomic mass is 19.1. The zero-order chi connectivity index (χ0) is 12.8. The van der Waals surface area contributed by atoms with Gasteiger partial charge < -0.3 is 9.84 Å².